The van der Waals surface area contributed by atoms with Crippen molar-refractivity contribution in [1.29, 1.82) is 5.26 Å². The summed E-state index contributed by atoms with van der Waals surface area (Å²) in [6.07, 6.45) is 1.30. The minimum absolute atomic E-state index is 0.154. The second-order valence-corrected chi connectivity index (χ2v) is 2.37. The quantitative estimate of drug-likeness (QED) is 0.430. The first kappa shape index (κ1) is 15.4. The molecule has 0 aliphatic carbocycles. The van der Waals surface area contributed by atoms with Gasteiger partial charge in [0, 0.05) is 11.6 Å². The van der Waals surface area contributed by atoms with Gasteiger partial charge in [-0.05, 0) is 6.92 Å². The highest BCUT2D eigenvalue weighted by molar-refractivity contribution is 5.84. The third kappa shape index (κ3) is 14.7. The van der Waals surface area contributed by atoms with Crippen molar-refractivity contribution in [3.8, 4) is 6.07 Å². The van der Waals surface area contributed by atoms with Crippen molar-refractivity contribution in [1.82, 2.24) is 0 Å². The lowest BCUT2D eigenvalue weighted by atomic mass is 10.4. The summed E-state index contributed by atoms with van der Waals surface area (Å²) in [6.45, 7) is 7.94. The Hall–Kier alpha value is -2.09. The molecule has 0 amide bonds. The molecule has 0 saturated carbocycles. The summed E-state index contributed by atoms with van der Waals surface area (Å²) in [5, 5.41) is 15.9. The lowest BCUT2D eigenvalue weighted by molar-refractivity contribution is -0.137. The van der Waals surface area contributed by atoms with Gasteiger partial charge in [0.2, 0.25) is 0 Å². The van der Waals surface area contributed by atoms with Crippen LogP contribution in [-0.4, -0.2) is 23.7 Å². The van der Waals surface area contributed by atoms with Gasteiger partial charge in [0.1, 0.15) is 6.61 Å². The van der Waals surface area contributed by atoms with E-state index in [-0.39, 0.29) is 18.6 Å². The average Bonchev–Trinajstić information content (AvgIpc) is 2.18. The Morgan fingerprint density at radius 2 is 2.07 bits per heavy atom. The van der Waals surface area contributed by atoms with Crippen LogP contribution in [0.4, 0.5) is 0 Å². The number of ether oxygens (including phenoxy) is 1. The van der Waals surface area contributed by atoms with Gasteiger partial charge in [0.25, 0.3) is 0 Å². The molecular weight excluding hydrogens is 198 g/mol. The molecule has 0 aliphatic heterocycles. The standard InChI is InChI=1S/C6H7NO2.C4H6O2/c1-2-6(8)9-5-3-4-7;1-3(2)4(5)6/h2H,1,3,5H2;1H2,2H3,(H,5,6). The summed E-state index contributed by atoms with van der Waals surface area (Å²) in [5.74, 6) is -1.42. The molecule has 0 bridgehead atoms. The number of carboxylic acid groups (broad SMARTS) is 1. The van der Waals surface area contributed by atoms with Gasteiger partial charge in [-0.15, -0.1) is 0 Å². The van der Waals surface area contributed by atoms with E-state index in [1.165, 1.54) is 6.92 Å². The van der Waals surface area contributed by atoms with E-state index in [0.29, 0.717) is 0 Å². The number of nitrogens with zero attached hydrogens (tertiary/aromatic N) is 1. The molecule has 5 nitrogen and oxygen atoms in total. The van der Waals surface area contributed by atoms with Crippen LogP contribution >= 0.6 is 0 Å². The Labute approximate surface area is 88.3 Å². The zero-order valence-corrected chi connectivity index (χ0v) is 8.52. The van der Waals surface area contributed by atoms with Gasteiger partial charge in [-0.1, -0.05) is 13.2 Å². The molecule has 0 atom stereocenters. The number of hydrogen-bond acceptors (Lipinski definition) is 4. The highest BCUT2D eigenvalue weighted by Crippen LogP contribution is 1.81. The van der Waals surface area contributed by atoms with Crippen LogP contribution in [-0.2, 0) is 14.3 Å². The van der Waals surface area contributed by atoms with Crippen molar-refractivity contribution in [3.05, 3.63) is 24.8 Å². The molecule has 0 aromatic carbocycles. The summed E-state index contributed by atoms with van der Waals surface area (Å²) < 4.78 is 4.45. The molecule has 0 spiro atoms. The molecule has 0 aromatic heterocycles. The molecule has 0 aromatic rings. The van der Waals surface area contributed by atoms with Gasteiger partial charge in [-0.25, -0.2) is 9.59 Å². The topological polar surface area (TPSA) is 87.4 Å². The van der Waals surface area contributed by atoms with Crippen LogP contribution in [0.5, 0.6) is 0 Å². The Kier molecular flexibility index (Phi) is 10.3. The lowest BCUT2D eigenvalue weighted by Gasteiger charge is -1.93. The van der Waals surface area contributed by atoms with Crippen LogP contribution in [0.3, 0.4) is 0 Å². The van der Waals surface area contributed by atoms with Crippen molar-refractivity contribution >= 4 is 11.9 Å². The summed E-state index contributed by atoms with van der Waals surface area (Å²) in [6, 6.07) is 1.84. The van der Waals surface area contributed by atoms with E-state index < -0.39 is 11.9 Å². The normalized spacial score (nSPS) is 7.47. The number of nitriles is 1. The SMILES string of the molecule is C=C(C)C(=O)O.C=CC(=O)OCCC#N. The molecule has 5 heteroatoms. The fourth-order valence-corrected chi connectivity index (χ4v) is 0.256. The van der Waals surface area contributed by atoms with Crippen molar-refractivity contribution in [2.45, 2.75) is 13.3 Å². The molecule has 1 N–H and O–H groups in total. The summed E-state index contributed by atoms with van der Waals surface area (Å²) in [5.41, 5.74) is 0.176. The van der Waals surface area contributed by atoms with E-state index in [1.54, 1.807) is 0 Å². The van der Waals surface area contributed by atoms with Crippen LogP contribution < -0.4 is 0 Å². The maximum Gasteiger partial charge on any atom is 0.330 e. The Bertz CT molecular complexity index is 276. The van der Waals surface area contributed by atoms with Gasteiger partial charge in [-0.3, -0.25) is 0 Å². The molecule has 15 heavy (non-hydrogen) atoms. The molecule has 0 rings (SSSR count). The van der Waals surface area contributed by atoms with E-state index in [4.69, 9.17) is 10.4 Å². The van der Waals surface area contributed by atoms with E-state index in [1.807, 2.05) is 6.07 Å². The maximum atomic E-state index is 10.2. The Balaban J connectivity index is 0. The third-order valence-corrected chi connectivity index (χ3v) is 0.990. The van der Waals surface area contributed by atoms with Crippen LogP contribution in [0.15, 0.2) is 24.8 Å². The van der Waals surface area contributed by atoms with Gasteiger partial charge < -0.3 is 9.84 Å². The van der Waals surface area contributed by atoms with E-state index in [9.17, 15) is 9.59 Å². The van der Waals surface area contributed by atoms with Crippen LogP contribution in [0.2, 0.25) is 0 Å². The van der Waals surface area contributed by atoms with Gasteiger partial charge in [0.15, 0.2) is 0 Å². The van der Waals surface area contributed by atoms with Crippen LogP contribution in [0, 0.1) is 11.3 Å². The van der Waals surface area contributed by atoms with Crippen LogP contribution in [0.1, 0.15) is 13.3 Å². The van der Waals surface area contributed by atoms with Gasteiger partial charge in [-0.2, -0.15) is 5.26 Å². The predicted molar refractivity (Wildman–Crippen MR) is 53.8 cm³/mol. The average molecular weight is 211 g/mol. The number of aliphatic carboxylic acids is 1. The first-order valence-corrected chi connectivity index (χ1v) is 4.00. The zero-order chi connectivity index (χ0) is 12.3. The molecule has 0 fully saturated rings. The molecule has 0 heterocycles. The molecule has 0 aliphatic rings. The lowest BCUT2D eigenvalue weighted by Crippen LogP contribution is -2.00. The van der Waals surface area contributed by atoms with Crippen molar-refractivity contribution < 1.29 is 19.4 Å². The Morgan fingerprint density at radius 3 is 2.33 bits per heavy atom. The molecule has 0 radical (unpaired) electrons. The molecule has 0 saturated heterocycles. The summed E-state index contributed by atoms with van der Waals surface area (Å²) in [7, 11) is 0. The fourth-order valence-electron chi connectivity index (χ4n) is 0.256. The van der Waals surface area contributed by atoms with Gasteiger partial charge in [0.05, 0.1) is 12.5 Å². The third-order valence-electron chi connectivity index (χ3n) is 0.990. The first-order chi connectivity index (χ1) is 6.95. The van der Waals surface area contributed by atoms with Crippen molar-refractivity contribution in [3.63, 3.8) is 0 Å². The maximum absolute atomic E-state index is 10.2. The molecule has 0 unspecified atom stereocenters. The summed E-state index contributed by atoms with van der Waals surface area (Å²) >= 11 is 0. The second-order valence-electron chi connectivity index (χ2n) is 2.37. The summed E-state index contributed by atoms with van der Waals surface area (Å²) in [4.78, 5) is 19.8. The monoisotopic (exact) mass is 211 g/mol. The number of rotatable bonds is 4. The molecular formula is C10H13NO4. The highest BCUT2D eigenvalue weighted by Gasteiger charge is 1.91. The predicted octanol–water partition coefficient (Wildman–Crippen LogP) is 1.28. The van der Waals surface area contributed by atoms with E-state index in [2.05, 4.69) is 17.9 Å². The van der Waals surface area contributed by atoms with E-state index in [0.717, 1.165) is 6.08 Å². The number of carboxylic acids is 1. The number of carbonyl (C=O) groups excluding carboxylic acids is 1. The number of esters is 1. The number of hydrogen-bond donors (Lipinski definition) is 1. The zero-order valence-electron chi connectivity index (χ0n) is 8.52. The number of carbonyl (C=O) groups is 2. The highest BCUT2D eigenvalue weighted by atomic mass is 16.5. The van der Waals surface area contributed by atoms with Crippen molar-refractivity contribution in [2.75, 3.05) is 6.61 Å². The minimum atomic E-state index is -0.935. The minimum Gasteiger partial charge on any atom is -0.478 e. The second kappa shape index (κ2) is 9.99. The van der Waals surface area contributed by atoms with E-state index >= 15 is 0 Å². The van der Waals surface area contributed by atoms with Crippen molar-refractivity contribution in [2.24, 2.45) is 0 Å². The van der Waals surface area contributed by atoms with Gasteiger partial charge >= 0.3 is 11.9 Å². The first-order valence-electron chi connectivity index (χ1n) is 4.00. The largest absolute Gasteiger partial charge is 0.478 e. The smallest absolute Gasteiger partial charge is 0.330 e. The Morgan fingerprint density at radius 1 is 1.60 bits per heavy atom. The molecule has 82 valence electrons. The fraction of sp³-hybridized carbons (Fsp3) is 0.300. The van der Waals surface area contributed by atoms with Crippen LogP contribution in [0.25, 0.3) is 0 Å².